The van der Waals surface area contributed by atoms with Crippen LogP contribution >= 0.6 is 0 Å². The average molecular weight is 327 g/mol. The van der Waals surface area contributed by atoms with E-state index >= 15 is 0 Å². The summed E-state index contributed by atoms with van der Waals surface area (Å²) in [6, 6.07) is 11.2. The van der Waals surface area contributed by atoms with Gasteiger partial charge >= 0.3 is 0 Å². The lowest BCUT2D eigenvalue weighted by Gasteiger charge is -2.19. The molecule has 0 atom stereocenters. The number of carbonyl (C=O) groups is 2. The monoisotopic (exact) mass is 327 g/mol. The number of hydrogen-bond acceptors (Lipinski definition) is 4. The fraction of sp³-hybridized carbons (Fsp3) is 0.278. The van der Waals surface area contributed by atoms with Gasteiger partial charge in [-0.2, -0.15) is 0 Å². The van der Waals surface area contributed by atoms with Gasteiger partial charge in [0, 0.05) is 18.7 Å². The number of aromatic nitrogens is 1. The van der Waals surface area contributed by atoms with Gasteiger partial charge in [-0.25, -0.2) is 0 Å². The summed E-state index contributed by atoms with van der Waals surface area (Å²) in [4.78, 5) is 25.9. The van der Waals surface area contributed by atoms with Crippen molar-refractivity contribution in [2.45, 2.75) is 20.3 Å². The fourth-order valence-electron chi connectivity index (χ4n) is 2.16. The molecule has 6 nitrogen and oxygen atoms in total. The Bertz CT molecular complexity index is 707. The lowest BCUT2D eigenvalue weighted by atomic mass is 10.2. The van der Waals surface area contributed by atoms with E-state index < -0.39 is 0 Å². The molecular weight excluding hydrogens is 306 g/mol. The third-order valence-corrected chi connectivity index (χ3v) is 3.25. The van der Waals surface area contributed by atoms with Crippen molar-refractivity contribution in [2.24, 2.45) is 0 Å². The predicted octanol–water partition coefficient (Wildman–Crippen LogP) is 2.87. The van der Waals surface area contributed by atoms with E-state index in [1.165, 1.54) is 11.0 Å². The van der Waals surface area contributed by atoms with Crippen LogP contribution < -0.4 is 5.32 Å². The molecule has 0 bridgehead atoms. The minimum atomic E-state index is -0.307. The summed E-state index contributed by atoms with van der Waals surface area (Å²) >= 11 is 0. The van der Waals surface area contributed by atoms with Crippen LogP contribution in [0.5, 0.6) is 0 Å². The first kappa shape index (κ1) is 17.5. The van der Waals surface area contributed by atoms with E-state index in [0.29, 0.717) is 18.1 Å². The third-order valence-electron chi connectivity index (χ3n) is 3.25. The highest BCUT2D eigenvalue weighted by atomic mass is 16.5. The summed E-state index contributed by atoms with van der Waals surface area (Å²) in [5, 5.41) is 6.32. The molecule has 0 fully saturated rings. The highest BCUT2D eigenvalue weighted by Crippen LogP contribution is 2.07. The molecular formula is C18H21N3O3. The largest absolute Gasteiger partial charge is 0.360 e. The molecule has 0 spiro atoms. The maximum Gasteiger partial charge on any atom is 0.247 e. The number of anilines is 1. The second-order valence-electron chi connectivity index (χ2n) is 5.37. The Labute approximate surface area is 141 Å². The van der Waals surface area contributed by atoms with Crippen LogP contribution in [0.2, 0.25) is 0 Å². The van der Waals surface area contributed by atoms with Gasteiger partial charge in [-0.1, -0.05) is 42.4 Å². The number of benzene rings is 1. The molecule has 0 saturated heterocycles. The first-order valence-electron chi connectivity index (χ1n) is 7.83. The maximum atomic E-state index is 12.3. The van der Waals surface area contributed by atoms with Gasteiger partial charge in [0.1, 0.15) is 12.3 Å². The van der Waals surface area contributed by atoms with Gasteiger partial charge in [-0.15, -0.1) is 0 Å². The summed E-state index contributed by atoms with van der Waals surface area (Å²) < 4.78 is 4.90. The molecule has 126 valence electrons. The maximum absolute atomic E-state index is 12.3. The Morgan fingerprint density at radius 1 is 1.29 bits per heavy atom. The SMILES string of the molecule is CCCN(CC(=O)Nc1cc(C)on1)C(=O)C=Cc1ccccc1. The molecule has 0 aliphatic rings. The fourth-order valence-corrected chi connectivity index (χ4v) is 2.16. The van der Waals surface area contributed by atoms with E-state index in [1.54, 1.807) is 19.1 Å². The van der Waals surface area contributed by atoms with Crippen LogP contribution in [0.3, 0.4) is 0 Å². The Morgan fingerprint density at radius 2 is 2.04 bits per heavy atom. The van der Waals surface area contributed by atoms with E-state index in [9.17, 15) is 9.59 Å². The molecule has 24 heavy (non-hydrogen) atoms. The van der Waals surface area contributed by atoms with Gasteiger partial charge in [0.05, 0.1) is 0 Å². The van der Waals surface area contributed by atoms with Crippen molar-refractivity contribution >= 4 is 23.7 Å². The van der Waals surface area contributed by atoms with Gasteiger partial charge in [0.25, 0.3) is 0 Å². The van der Waals surface area contributed by atoms with Gasteiger partial charge in [-0.05, 0) is 25.0 Å². The number of rotatable bonds is 7. The second-order valence-corrected chi connectivity index (χ2v) is 5.37. The molecule has 6 heteroatoms. The van der Waals surface area contributed by atoms with Crippen molar-refractivity contribution in [2.75, 3.05) is 18.4 Å². The van der Waals surface area contributed by atoms with E-state index in [4.69, 9.17) is 4.52 Å². The van der Waals surface area contributed by atoms with Crippen LogP contribution in [0, 0.1) is 6.92 Å². The smallest absolute Gasteiger partial charge is 0.247 e. The lowest BCUT2D eigenvalue weighted by Crippen LogP contribution is -2.37. The Morgan fingerprint density at radius 3 is 2.67 bits per heavy atom. The summed E-state index contributed by atoms with van der Waals surface area (Å²) in [7, 11) is 0. The molecule has 2 rings (SSSR count). The molecule has 1 heterocycles. The first-order chi connectivity index (χ1) is 11.6. The van der Waals surface area contributed by atoms with Crippen LogP contribution in [0.4, 0.5) is 5.82 Å². The lowest BCUT2D eigenvalue weighted by molar-refractivity contribution is -0.130. The van der Waals surface area contributed by atoms with Crippen molar-refractivity contribution in [3.63, 3.8) is 0 Å². The molecule has 0 radical (unpaired) electrons. The zero-order chi connectivity index (χ0) is 17.4. The quantitative estimate of drug-likeness (QED) is 0.793. The van der Waals surface area contributed by atoms with Gasteiger partial charge in [0.15, 0.2) is 5.82 Å². The summed E-state index contributed by atoms with van der Waals surface area (Å²) in [5.74, 6) is 0.448. The van der Waals surface area contributed by atoms with Crippen molar-refractivity contribution in [1.82, 2.24) is 10.1 Å². The van der Waals surface area contributed by atoms with Crippen LogP contribution in [0.1, 0.15) is 24.7 Å². The van der Waals surface area contributed by atoms with Crippen LogP contribution in [-0.2, 0) is 9.59 Å². The molecule has 1 N–H and O–H groups in total. The molecule has 0 aliphatic carbocycles. The van der Waals surface area contributed by atoms with Crippen molar-refractivity contribution in [1.29, 1.82) is 0 Å². The third kappa shape index (κ3) is 5.39. The highest BCUT2D eigenvalue weighted by Gasteiger charge is 2.15. The topological polar surface area (TPSA) is 75.4 Å². The summed E-state index contributed by atoms with van der Waals surface area (Å²) in [6.07, 6.45) is 3.99. The van der Waals surface area contributed by atoms with E-state index in [1.807, 2.05) is 37.3 Å². The minimum absolute atomic E-state index is 0.0300. The Hall–Kier alpha value is -2.89. The summed E-state index contributed by atoms with van der Waals surface area (Å²) in [6.45, 7) is 4.17. The zero-order valence-corrected chi connectivity index (χ0v) is 13.9. The molecule has 0 saturated carbocycles. The number of carbonyl (C=O) groups excluding carboxylic acids is 2. The molecule has 0 aliphatic heterocycles. The minimum Gasteiger partial charge on any atom is -0.360 e. The number of hydrogen-bond donors (Lipinski definition) is 1. The van der Waals surface area contributed by atoms with Crippen molar-refractivity contribution < 1.29 is 14.1 Å². The van der Waals surface area contributed by atoms with E-state index in [2.05, 4.69) is 10.5 Å². The van der Waals surface area contributed by atoms with Crippen molar-refractivity contribution in [3.05, 3.63) is 53.8 Å². The van der Waals surface area contributed by atoms with Crippen LogP contribution in [0.25, 0.3) is 6.08 Å². The predicted molar refractivity (Wildman–Crippen MR) is 92.2 cm³/mol. The molecule has 0 unspecified atom stereocenters. The van der Waals surface area contributed by atoms with Gasteiger partial charge in [-0.3, -0.25) is 9.59 Å². The number of nitrogens with one attached hydrogen (secondary N) is 1. The van der Waals surface area contributed by atoms with Crippen LogP contribution in [-0.4, -0.2) is 35.0 Å². The molecule has 1 aromatic heterocycles. The standard InChI is InChI=1S/C18H21N3O3/c1-3-11-21(13-17(22)19-16-12-14(2)24-20-16)18(23)10-9-15-7-5-4-6-8-15/h4-10,12H,3,11,13H2,1-2H3,(H,19,20,22). The zero-order valence-electron chi connectivity index (χ0n) is 13.9. The number of nitrogens with zero attached hydrogens (tertiary/aromatic N) is 2. The summed E-state index contributed by atoms with van der Waals surface area (Å²) in [5.41, 5.74) is 0.935. The van der Waals surface area contributed by atoms with Gasteiger partial charge < -0.3 is 14.7 Å². The molecule has 2 amide bonds. The number of aryl methyl sites for hydroxylation is 1. The Balaban J connectivity index is 1.96. The number of amides is 2. The normalized spacial score (nSPS) is 10.8. The Kier molecular flexibility index (Phi) is 6.31. The van der Waals surface area contributed by atoms with Crippen molar-refractivity contribution in [3.8, 4) is 0 Å². The molecule has 1 aromatic carbocycles. The van der Waals surface area contributed by atoms with Gasteiger partial charge in [0.2, 0.25) is 11.8 Å². The van der Waals surface area contributed by atoms with E-state index in [0.717, 1.165) is 12.0 Å². The molecule has 2 aromatic rings. The van der Waals surface area contributed by atoms with E-state index in [-0.39, 0.29) is 18.4 Å². The van der Waals surface area contributed by atoms with Crippen LogP contribution in [0.15, 0.2) is 47.0 Å². The average Bonchev–Trinajstić information content (AvgIpc) is 2.98. The highest BCUT2D eigenvalue weighted by molar-refractivity contribution is 5.97. The first-order valence-corrected chi connectivity index (χ1v) is 7.83. The second kappa shape index (κ2) is 8.67.